The van der Waals surface area contributed by atoms with Crippen LogP contribution in [0.25, 0.3) is 0 Å². The number of carbonyl (C=O) groups excluding carboxylic acids is 2. The zero-order valence-electron chi connectivity index (χ0n) is 31.4. The van der Waals surface area contributed by atoms with E-state index < -0.39 is 71.1 Å². The highest BCUT2D eigenvalue weighted by Gasteiger charge is 2.41. The van der Waals surface area contributed by atoms with Gasteiger partial charge in [-0.15, -0.1) is 0 Å². The molecule has 1 aliphatic rings. The van der Waals surface area contributed by atoms with Crippen molar-refractivity contribution in [3.05, 3.63) is 107 Å². The molecule has 310 valence electrons. The van der Waals surface area contributed by atoms with Gasteiger partial charge in [0.1, 0.15) is 12.4 Å². The summed E-state index contributed by atoms with van der Waals surface area (Å²) in [6.07, 6.45) is -8.28. The molecule has 1 amide bonds. The van der Waals surface area contributed by atoms with Gasteiger partial charge in [0.2, 0.25) is 5.88 Å². The number of hydrogen-bond donors (Lipinski definition) is 3. The van der Waals surface area contributed by atoms with Gasteiger partial charge in [-0.1, -0.05) is 37.3 Å². The van der Waals surface area contributed by atoms with Crippen molar-refractivity contribution in [2.24, 2.45) is 5.92 Å². The number of carboxylic acids is 1. The number of ether oxygens (including phenoxy) is 3. The van der Waals surface area contributed by atoms with E-state index in [1.54, 1.807) is 50.2 Å². The molecule has 0 spiro atoms. The summed E-state index contributed by atoms with van der Waals surface area (Å²) in [5.74, 6) is -3.99. The molecule has 3 heterocycles. The molecule has 1 aliphatic heterocycles. The molecule has 0 saturated heterocycles. The van der Waals surface area contributed by atoms with E-state index in [0.29, 0.717) is 24.1 Å². The maximum atomic E-state index is 14.1. The molecule has 2 unspecified atom stereocenters. The molecule has 2 aromatic carbocycles. The number of rotatable bonds is 15. The Morgan fingerprint density at radius 2 is 1.59 bits per heavy atom. The zero-order valence-corrected chi connectivity index (χ0v) is 31.4. The van der Waals surface area contributed by atoms with Crippen molar-refractivity contribution in [2.45, 2.75) is 70.2 Å². The van der Waals surface area contributed by atoms with E-state index in [2.05, 4.69) is 25.6 Å². The normalized spacial score (nSPS) is 16.5. The number of nitrogens with zero attached hydrogens (tertiary/aromatic N) is 4. The number of anilines is 2. The van der Waals surface area contributed by atoms with Crippen LogP contribution < -0.4 is 20.3 Å². The van der Waals surface area contributed by atoms with Crippen molar-refractivity contribution in [3.8, 4) is 5.88 Å². The third-order valence-electron chi connectivity index (χ3n) is 9.29. The van der Waals surface area contributed by atoms with E-state index in [1.807, 2.05) is 0 Å². The van der Waals surface area contributed by atoms with Crippen LogP contribution >= 0.6 is 0 Å². The molecule has 0 saturated carbocycles. The minimum atomic E-state index is -5.16. The average Bonchev–Trinajstić information content (AvgIpc) is 3.19. The number of fused-ring (bicyclic) bond motifs is 1. The van der Waals surface area contributed by atoms with E-state index in [4.69, 9.17) is 14.2 Å². The fourth-order valence-corrected chi connectivity index (χ4v) is 6.42. The van der Waals surface area contributed by atoms with Crippen LogP contribution in [0.5, 0.6) is 5.88 Å². The van der Waals surface area contributed by atoms with Gasteiger partial charge < -0.3 is 24.6 Å². The number of nitrogens with one attached hydrogen (secondary N) is 2. The van der Waals surface area contributed by atoms with E-state index >= 15 is 0 Å². The molecular weight excluding hydrogens is 778 g/mol. The predicted octanol–water partition coefficient (Wildman–Crippen LogP) is 7.73. The average molecular weight is 819 g/mol. The topological polar surface area (TPSA) is 165 Å². The standard InChI is InChI=1S/C39H40F6N6O7/c1-4-27-18-29(33-30(11-12-31(50-33)56-3)51(27)37(55)57-5-2)49-32(23-15-24(38(40,41)42)17-25(16-23)39(43,44)45)34-47-19-26(20-48-34)46-14-13-28(35(52)53)36(54)58-21-22-9-7-6-8-10-22/h6-12,15-17,19-20,27-29,32,46,49H,4-5,13-14,18,21H2,1-3H3,(H,52,53)/t27-,28?,29+,32?/m1/s1. The third-order valence-corrected chi connectivity index (χ3v) is 9.29. The van der Waals surface area contributed by atoms with Crippen molar-refractivity contribution >= 4 is 29.4 Å². The minimum Gasteiger partial charge on any atom is -0.481 e. The SMILES string of the molecule is CCOC(=O)N1c2ccc(OC)nc2[C@@H](NC(c2cc(C(F)(F)F)cc(C(F)(F)F)c2)c2ncc(NCCC(C(=O)O)C(=O)OCc3ccccc3)cn2)C[C@H]1CC. The first-order valence-electron chi connectivity index (χ1n) is 18.1. The maximum absolute atomic E-state index is 14.1. The summed E-state index contributed by atoms with van der Waals surface area (Å²) in [5, 5.41) is 15.7. The van der Waals surface area contributed by atoms with Crippen LogP contribution in [-0.2, 0) is 38.0 Å². The summed E-state index contributed by atoms with van der Waals surface area (Å²) >= 11 is 0. The Morgan fingerprint density at radius 1 is 0.931 bits per heavy atom. The van der Waals surface area contributed by atoms with Gasteiger partial charge in [-0.05, 0) is 61.6 Å². The number of carbonyl (C=O) groups is 3. The van der Waals surface area contributed by atoms with E-state index in [9.17, 15) is 45.8 Å². The van der Waals surface area contributed by atoms with Crippen LogP contribution in [0.4, 0.5) is 42.5 Å². The number of aliphatic carboxylic acids is 1. The Morgan fingerprint density at radius 3 is 2.16 bits per heavy atom. The Bertz CT molecular complexity index is 2020. The van der Waals surface area contributed by atoms with E-state index in [0.717, 1.165) is 0 Å². The number of halogens is 6. The number of alkyl halides is 6. The summed E-state index contributed by atoms with van der Waals surface area (Å²) in [6.45, 7) is 3.29. The summed E-state index contributed by atoms with van der Waals surface area (Å²) in [4.78, 5) is 52.1. The number of carboxylic acid groups (broad SMARTS) is 1. The molecule has 0 aliphatic carbocycles. The summed E-state index contributed by atoms with van der Waals surface area (Å²) in [6, 6.07) is 9.95. The highest BCUT2D eigenvalue weighted by atomic mass is 19.4. The highest BCUT2D eigenvalue weighted by molar-refractivity contribution is 5.94. The predicted molar refractivity (Wildman–Crippen MR) is 196 cm³/mol. The van der Waals surface area contributed by atoms with Gasteiger partial charge in [-0.25, -0.2) is 19.7 Å². The first-order valence-corrected chi connectivity index (χ1v) is 18.1. The van der Waals surface area contributed by atoms with Gasteiger partial charge in [-0.3, -0.25) is 19.8 Å². The summed E-state index contributed by atoms with van der Waals surface area (Å²) < 4.78 is 100. The van der Waals surface area contributed by atoms with Crippen molar-refractivity contribution in [2.75, 3.05) is 30.5 Å². The number of esters is 1. The molecule has 13 nitrogen and oxygen atoms in total. The van der Waals surface area contributed by atoms with Crippen LogP contribution in [0, 0.1) is 5.92 Å². The largest absolute Gasteiger partial charge is 0.481 e. The minimum absolute atomic E-state index is 0.0168. The van der Waals surface area contributed by atoms with Gasteiger partial charge in [0.25, 0.3) is 0 Å². The van der Waals surface area contributed by atoms with Gasteiger partial charge in [-0.2, -0.15) is 26.3 Å². The number of benzene rings is 2. The number of pyridine rings is 1. The van der Waals surface area contributed by atoms with Crippen LogP contribution in [0.15, 0.2) is 73.1 Å². The molecule has 0 bridgehead atoms. The van der Waals surface area contributed by atoms with Crippen molar-refractivity contribution < 1.29 is 60.0 Å². The second-order valence-corrected chi connectivity index (χ2v) is 13.1. The molecule has 19 heteroatoms. The van der Waals surface area contributed by atoms with Crippen LogP contribution in [0.2, 0.25) is 0 Å². The van der Waals surface area contributed by atoms with E-state index in [1.165, 1.54) is 30.5 Å². The Kier molecular flexibility index (Phi) is 13.8. The van der Waals surface area contributed by atoms with E-state index in [-0.39, 0.29) is 67.4 Å². The second-order valence-electron chi connectivity index (χ2n) is 13.1. The van der Waals surface area contributed by atoms with Gasteiger partial charge >= 0.3 is 30.4 Å². The summed E-state index contributed by atoms with van der Waals surface area (Å²) in [5.41, 5.74) is -2.21. The van der Waals surface area contributed by atoms with Gasteiger partial charge in [0.15, 0.2) is 5.92 Å². The molecule has 4 atom stereocenters. The van der Waals surface area contributed by atoms with Crippen LogP contribution in [0.3, 0.4) is 0 Å². The molecular formula is C39H40F6N6O7. The highest BCUT2D eigenvalue weighted by Crippen LogP contribution is 2.42. The summed E-state index contributed by atoms with van der Waals surface area (Å²) in [7, 11) is 1.35. The van der Waals surface area contributed by atoms with Crippen molar-refractivity contribution in [1.82, 2.24) is 20.3 Å². The fraction of sp³-hybridized carbons (Fsp3) is 0.385. The quantitative estimate of drug-likeness (QED) is 0.0609. The zero-order chi connectivity index (χ0) is 42.2. The van der Waals surface area contributed by atoms with Crippen LogP contribution in [-0.4, -0.2) is 64.4 Å². The maximum Gasteiger partial charge on any atom is 0.416 e. The smallest absolute Gasteiger partial charge is 0.416 e. The molecule has 0 fully saturated rings. The first-order chi connectivity index (χ1) is 27.5. The fourth-order valence-electron chi connectivity index (χ4n) is 6.42. The lowest BCUT2D eigenvalue weighted by Crippen LogP contribution is -2.48. The first kappa shape index (κ1) is 43.1. The Hall–Kier alpha value is -5.98. The Labute approximate surface area is 328 Å². The number of aromatic nitrogens is 3. The molecule has 5 rings (SSSR count). The molecule has 2 aromatic heterocycles. The second kappa shape index (κ2) is 18.5. The van der Waals surface area contributed by atoms with Crippen molar-refractivity contribution in [3.63, 3.8) is 0 Å². The Balaban J connectivity index is 1.47. The molecule has 3 N–H and O–H groups in total. The van der Waals surface area contributed by atoms with Gasteiger partial charge in [0, 0.05) is 18.7 Å². The monoisotopic (exact) mass is 818 g/mol. The van der Waals surface area contributed by atoms with Gasteiger partial charge in [0.05, 0.1) is 66.4 Å². The number of amides is 1. The molecule has 4 aromatic rings. The number of methoxy groups -OCH3 is 1. The number of hydrogen-bond acceptors (Lipinski definition) is 11. The third kappa shape index (κ3) is 10.5. The molecule has 0 radical (unpaired) electrons. The lowest BCUT2D eigenvalue weighted by atomic mass is 9.91. The lowest BCUT2D eigenvalue weighted by molar-refractivity contribution is -0.159. The van der Waals surface area contributed by atoms with Crippen LogP contribution in [0.1, 0.15) is 79.0 Å². The lowest BCUT2D eigenvalue weighted by Gasteiger charge is -2.40. The molecule has 58 heavy (non-hydrogen) atoms. The van der Waals surface area contributed by atoms with Crippen molar-refractivity contribution in [1.29, 1.82) is 0 Å².